The van der Waals surface area contributed by atoms with Gasteiger partial charge in [0.05, 0.1) is 5.69 Å². The van der Waals surface area contributed by atoms with Crippen molar-refractivity contribution in [3.05, 3.63) is 133 Å². The van der Waals surface area contributed by atoms with E-state index in [0.29, 0.717) is 6.01 Å². The van der Waals surface area contributed by atoms with Gasteiger partial charge < -0.3 is 18.6 Å². The minimum absolute atomic E-state index is 0.649. The summed E-state index contributed by atoms with van der Waals surface area (Å²) in [5, 5.41) is 0. The Bertz CT molecular complexity index is 1330. The van der Waals surface area contributed by atoms with Crippen LogP contribution in [0.3, 0.4) is 0 Å². The highest BCUT2D eigenvalue weighted by molar-refractivity contribution is 5.74. The Morgan fingerprint density at radius 1 is 0.471 bits per heavy atom. The predicted octanol–water partition coefficient (Wildman–Crippen LogP) is 12.5. The van der Waals surface area contributed by atoms with Crippen molar-refractivity contribution in [3.63, 3.8) is 0 Å². The van der Waals surface area contributed by atoms with E-state index in [4.69, 9.17) is 8.83 Å². The summed E-state index contributed by atoms with van der Waals surface area (Å²) in [5.41, 5.74) is 2.73. The van der Waals surface area contributed by atoms with E-state index in [1.54, 1.807) is 18.6 Å². The number of hydrogen-bond acceptors (Lipinski definition) is 8. The second-order valence-electron chi connectivity index (χ2n) is 8.99. The third-order valence-corrected chi connectivity index (χ3v) is 5.14. The molecule has 0 aliphatic heterocycles. The minimum Gasteiger partial charge on any atom is -0.446 e. The molecule has 0 radical (unpaired) electrons. The zero-order chi connectivity index (χ0) is 39.9. The van der Waals surface area contributed by atoms with Gasteiger partial charge >= 0.3 is 0 Å². The molecule has 0 saturated carbocycles. The van der Waals surface area contributed by atoms with E-state index in [1.807, 2.05) is 225 Å². The van der Waals surface area contributed by atoms with Gasteiger partial charge in [-0.25, -0.2) is 9.97 Å². The summed E-state index contributed by atoms with van der Waals surface area (Å²) in [6.07, 6.45) is 5.29. The van der Waals surface area contributed by atoms with Crippen molar-refractivity contribution in [1.29, 1.82) is 0 Å². The number of rotatable bonds is 2. The van der Waals surface area contributed by atoms with Crippen molar-refractivity contribution in [2.45, 2.75) is 90.0 Å². The number of hydrogen-bond donors (Lipinski definition) is 0. The van der Waals surface area contributed by atoms with E-state index in [-0.39, 0.29) is 0 Å². The molecule has 4 aromatic heterocycles. The fraction of sp³-hybridized carbons (Fsp3) is 0.395. The number of anilines is 2. The molecule has 51 heavy (non-hydrogen) atoms. The van der Waals surface area contributed by atoms with Gasteiger partial charge in [-0.1, -0.05) is 130 Å². The lowest BCUT2D eigenvalue weighted by Gasteiger charge is -2.08. The van der Waals surface area contributed by atoms with Crippen LogP contribution in [0.5, 0.6) is 0 Å². The maximum atomic E-state index is 5.44. The Morgan fingerprint density at radius 2 is 0.922 bits per heavy atom. The molecule has 0 aliphatic rings. The van der Waals surface area contributed by atoms with Gasteiger partial charge in [0.25, 0.3) is 6.01 Å². The lowest BCUT2D eigenvalue weighted by Crippen LogP contribution is -2.09. The smallest absolute Gasteiger partial charge is 0.297 e. The van der Waals surface area contributed by atoms with Crippen molar-refractivity contribution < 1.29 is 8.83 Å². The number of aryl methyl sites for hydroxylation is 3. The normalized spacial score (nSPS) is 8.10. The van der Waals surface area contributed by atoms with Gasteiger partial charge in [-0.3, -0.25) is 4.98 Å². The molecule has 0 bridgehead atoms. The monoisotopic (exact) mass is 703 g/mol. The Kier molecular flexibility index (Phi) is 40.9. The van der Waals surface area contributed by atoms with Crippen LogP contribution < -0.4 is 9.80 Å². The van der Waals surface area contributed by atoms with Crippen LogP contribution in [0.1, 0.15) is 86.6 Å². The average molecular weight is 703 g/mol. The van der Waals surface area contributed by atoms with Crippen LogP contribution >= 0.6 is 0 Å². The third-order valence-electron chi connectivity index (χ3n) is 5.14. The molecule has 0 saturated heterocycles. The van der Waals surface area contributed by atoms with Crippen molar-refractivity contribution >= 4 is 22.9 Å². The van der Waals surface area contributed by atoms with Crippen LogP contribution in [0.2, 0.25) is 0 Å². The first-order valence-electron chi connectivity index (χ1n) is 18.1. The van der Waals surface area contributed by atoms with Crippen LogP contribution in [0.25, 0.3) is 11.1 Å². The summed E-state index contributed by atoms with van der Waals surface area (Å²) < 4.78 is 10.5. The van der Waals surface area contributed by atoms with Crippen LogP contribution in [0, 0.1) is 20.8 Å². The number of aromatic nitrogens is 4. The largest absolute Gasteiger partial charge is 0.446 e. The molecular formula is C43H70N6O2. The van der Waals surface area contributed by atoms with E-state index < -0.39 is 0 Å². The molecule has 8 heteroatoms. The molecular weight excluding hydrogens is 633 g/mol. The summed E-state index contributed by atoms with van der Waals surface area (Å²) in [6, 6.07) is 32.0. The molecule has 0 amide bonds. The standard InChI is InChI=1S/C9H10N2O.C7H10N2.C6H9NO.C6H6.C5H5N.5C2H6/c1-11(2)9-10-7-5-3-4-6-8(7)12-9;1-9(2)7-5-3-4-6-8-7;1-4-5(2)8-6(3)7-4;2*1-2-4-6-5-3-1;5*1-2/h3-6H,1-2H3;3-6H,1-2H3;1-3H3;1-6H;1-5H;5*1-2H3. The van der Waals surface area contributed by atoms with E-state index in [0.717, 1.165) is 34.3 Å². The molecule has 0 aliphatic carbocycles. The van der Waals surface area contributed by atoms with Crippen LogP contribution in [0.15, 0.2) is 124 Å². The molecule has 0 fully saturated rings. The second-order valence-corrected chi connectivity index (χ2v) is 8.99. The van der Waals surface area contributed by atoms with Gasteiger partial charge in [-0.05, 0) is 50.2 Å². The zero-order valence-corrected chi connectivity index (χ0v) is 35.0. The molecule has 0 unspecified atom stereocenters. The quantitative estimate of drug-likeness (QED) is 0.176. The summed E-state index contributed by atoms with van der Waals surface area (Å²) in [6.45, 7) is 25.7. The van der Waals surface area contributed by atoms with Gasteiger partial charge in [0.15, 0.2) is 11.5 Å². The fourth-order valence-electron chi connectivity index (χ4n) is 3.00. The van der Waals surface area contributed by atoms with Crippen molar-refractivity contribution in [2.75, 3.05) is 38.0 Å². The van der Waals surface area contributed by atoms with E-state index in [9.17, 15) is 0 Å². The molecule has 284 valence electrons. The van der Waals surface area contributed by atoms with Gasteiger partial charge in [0, 0.05) is 53.7 Å². The van der Waals surface area contributed by atoms with Gasteiger partial charge in [0.2, 0.25) is 0 Å². The lowest BCUT2D eigenvalue weighted by molar-refractivity contribution is 0.493. The predicted molar refractivity (Wildman–Crippen MR) is 225 cm³/mol. The average Bonchev–Trinajstić information content (AvgIpc) is 3.79. The molecule has 0 spiro atoms. The number of pyridine rings is 2. The summed E-state index contributed by atoms with van der Waals surface area (Å²) in [4.78, 5) is 20.0. The lowest BCUT2D eigenvalue weighted by atomic mass is 10.3. The highest BCUT2D eigenvalue weighted by atomic mass is 16.4. The van der Waals surface area contributed by atoms with Crippen LogP contribution in [-0.4, -0.2) is 48.1 Å². The highest BCUT2D eigenvalue weighted by Gasteiger charge is 2.04. The van der Waals surface area contributed by atoms with E-state index in [1.165, 1.54) is 0 Å². The topological polar surface area (TPSA) is 84.3 Å². The summed E-state index contributed by atoms with van der Waals surface area (Å²) in [7, 11) is 7.76. The number of benzene rings is 2. The molecule has 8 nitrogen and oxygen atoms in total. The summed E-state index contributed by atoms with van der Waals surface area (Å²) in [5.74, 6) is 2.67. The van der Waals surface area contributed by atoms with E-state index >= 15 is 0 Å². The molecule has 6 rings (SSSR count). The Hall–Kier alpha value is -4.98. The molecule has 6 aromatic rings. The number of fused-ring (bicyclic) bond motifs is 1. The van der Waals surface area contributed by atoms with Gasteiger partial charge in [0.1, 0.15) is 17.1 Å². The third kappa shape index (κ3) is 28.6. The minimum atomic E-state index is 0.649. The van der Waals surface area contributed by atoms with Gasteiger partial charge in [-0.2, -0.15) is 4.98 Å². The second kappa shape index (κ2) is 39.5. The van der Waals surface area contributed by atoms with Gasteiger partial charge in [-0.15, -0.1) is 0 Å². The Labute approximate surface area is 312 Å². The highest BCUT2D eigenvalue weighted by Crippen LogP contribution is 2.19. The number of para-hydroxylation sites is 2. The van der Waals surface area contributed by atoms with E-state index in [2.05, 4.69) is 19.9 Å². The Morgan fingerprint density at radius 3 is 1.20 bits per heavy atom. The molecule has 0 N–H and O–H groups in total. The van der Waals surface area contributed by atoms with Crippen LogP contribution in [0.4, 0.5) is 11.8 Å². The summed E-state index contributed by atoms with van der Waals surface area (Å²) >= 11 is 0. The molecule has 2 aromatic carbocycles. The van der Waals surface area contributed by atoms with Crippen molar-refractivity contribution in [3.8, 4) is 0 Å². The fourth-order valence-corrected chi connectivity index (χ4v) is 3.00. The van der Waals surface area contributed by atoms with Crippen LogP contribution in [-0.2, 0) is 0 Å². The maximum Gasteiger partial charge on any atom is 0.297 e. The number of oxazole rings is 2. The first kappa shape index (κ1) is 52.8. The maximum absolute atomic E-state index is 5.44. The molecule has 0 atom stereocenters. The van der Waals surface area contributed by atoms with Crippen molar-refractivity contribution in [2.24, 2.45) is 0 Å². The number of nitrogens with zero attached hydrogens (tertiary/aromatic N) is 6. The zero-order valence-electron chi connectivity index (χ0n) is 35.0. The first-order valence-corrected chi connectivity index (χ1v) is 18.1. The van der Waals surface area contributed by atoms with Crippen molar-refractivity contribution in [1.82, 2.24) is 19.9 Å². The molecule has 4 heterocycles. The SMILES string of the molecule is CC.CC.CC.CC.CC.CN(C)c1ccccn1.CN(C)c1nc2ccccc2o1.Cc1nc(C)c(C)o1.c1ccccc1.c1ccncc1. The first-order chi connectivity index (χ1) is 24.8. The Balaban J connectivity index is -0.000000259.